The molecule has 5 unspecified atom stereocenters. The van der Waals surface area contributed by atoms with E-state index in [1.165, 1.54) is 0 Å². The fourth-order valence-electron chi connectivity index (χ4n) is 3.77. The van der Waals surface area contributed by atoms with E-state index < -0.39 is 51.2 Å². The average molecular weight is 383 g/mol. The average Bonchev–Trinajstić information content (AvgIpc) is 3.09. The molecule has 1 saturated heterocycles. The first-order chi connectivity index (χ1) is 11.5. The molecule has 0 aromatic rings. The van der Waals surface area contributed by atoms with Crippen LogP contribution in [-0.4, -0.2) is 50.5 Å². The molecule has 2 bridgehead atoms. The van der Waals surface area contributed by atoms with Crippen LogP contribution in [-0.2, 0) is 28.6 Å². The van der Waals surface area contributed by atoms with Gasteiger partial charge in [0.1, 0.15) is 17.8 Å². The highest BCUT2D eigenvalue weighted by Gasteiger charge is 2.65. The van der Waals surface area contributed by atoms with Crippen molar-refractivity contribution in [3.63, 3.8) is 0 Å². The topological polar surface area (TPSA) is 98.8 Å². The summed E-state index contributed by atoms with van der Waals surface area (Å²) in [5, 5.41) is 1.40. The van der Waals surface area contributed by atoms with Gasteiger partial charge in [-0.1, -0.05) is 6.58 Å². The number of alkyl halides is 3. The largest absolute Gasteiger partial charge is 0.459 e. The van der Waals surface area contributed by atoms with Crippen molar-refractivity contribution >= 4 is 22.0 Å². The van der Waals surface area contributed by atoms with Gasteiger partial charge in [0.05, 0.1) is 11.7 Å². The Balaban J connectivity index is 1.47. The summed E-state index contributed by atoms with van der Waals surface area (Å²) in [6.45, 7) is 2.30. The minimum Gasteiger partial charge on any atom is -0.459 e. The van der Waals surface area contributed by atoms with E-state index in [1.807, 2.05) is 5.32 Å². The zero-order valence-electron chi connectivity index (χ0n) is 12.9. The van der Waals surface area contributed by atoms with Crippen LogP contribution in [0, 0.1) is 11.8 Å². The lowest BCUT2D eigenvalue weighted by atomic mass is 9.94. The fourth-order valence-corrected chi connectivity index (χ4v) is 5.65. The Morgan fingerprint density at radius 1 is 1.28 bits per heavy atom. The molecule has 140 valence electrons. The minimum atomic E-state index is -4.84. The van der Waals surface area contributed by atoms with E-state index in [0.29, 0.717) is 12.8 Å². The normalized spacial score (nSPS) is 34.8. The summed E-state index contributed by atoms with van der Waals surface area (Å²) in [6, 6.07) is 0. The molecule has 1 amide bonds. The Hall–Kier alpha value is -1.62. The number of hydrogen-bond donors (Lipinski definition) is 1. The highest BCUT2D eigenvalue weighted by molar-refractivity contribution is 7.87. The van der Waals surface area contributed by atoms with Gasteiger partial charge in [0.25, 0.3) is 16.0 Å². The highest BCUT2D eigenvalue weighted by atomic mass is 32.2. The van der Waals surface area contributed by atoms with Crippen molar-refractivity contribution in [1.82, 2.24) is 5.32 Å². The third kappa shape index (κ3) is 3.26. The Morgan fingerprint density at radius 3 is 2.60 bits per heavy atom. The molecule has 0 aromatic heterocycles. The standard InChI is InChI=1S/C14H16F3NO6S/c1-6(14(15,16)17)13(20)18-3-2-10(19)23-11-7-4-8-9(5-7)25(21,22)24-12(8)11/h7-9,11-12H,1-5H2,(H,18,20). The molecule has 1 aliphatic heterocycles. The third-order valence-corrected chi connectivity index (χ3v) is 6.69. The number of esters is 1. The van der Waals surface area contributed by atoms with Gasteiger partial charge in [-0.15, -0.1) is 0 Å². The van der Waals surface area contributed by atoms with Gasteiger partial charge in [-0.05, 0) is 12.8 Å². The second-order valence-electron chi connectivity index (χ2n) is 6.42. The predicted octanol–water partition coefficient (Wildman–Crippen LogP) is 0.660. The van der Waals surface area contributed by atoms with E-state index in [9.17, 15) is 31.2 Å². The Bertz CT molecular complexity index is 719. The van der Waals surface area contributed by atoms with Crippen LogP contribution in [0.15, 0.2) is 12.2 Å². The third-order valence-electron chi connectivity index (χ3n) is 4.91. The maximum Gasteiger partial charge on any atom is 0.421 e. The number of nitrogens with one attached hydrogen (secondary N) is 1. The number of fused-ring (bicyclic) bond motifs is 1. The summed E-state index contributed by atoms with van der Waals surface area (Å²) >= 11 is 0. The molecule has 11 heteroatoms. The van der Waals surface area contributed by atoms with E-state index in [-0.39, 0.29) is 24.8 Å². The lowest BCUT2D eigenvalue weighted by Crippen LogP contribution is -2.38. The second-order valence-corrected chi connectivity index (χ2v) is 8.21. The fraction of sp³-hybridized carbons (Fsp3) is 0.714. The van der Waals surface area contributed by atoms with Crippen LogP contribution in [0.25, 0.3) is 0 Å². The molecule has 1 N–H and O–H groups in total. The summed E-state index contributed by atoms with van der Waals surface area (Å²) in [5.74, 6) is -2.42. The summed E-state index contributed by atoms with van der Waals surface area (Å²) in [5.41, 5.74) is -1.55. The van der Waals surface area contributed by atoms with Crippen molar-refractivity contribution in [3.05, 3.63) is 12.2 Å². The zero-order chi connectivity index (χ0) is 18.6. The van der Waals surface area contributed by atoms with E-state index in [1.54, 1.807) is 0 Å². The maximum atomic E-state index is 12.3. The van der Waals surface area contributed by atoms with Crippen LogP contribution in [0.4, 0.5) is 13.2 Å². The van der Waals surface area contributed by atoms with E-state index in [2.05, 4.69) is 6.58 Å². The molecule has 7 nitrogen and oxygen atoms in total. The summed E-state index contributed by atoms with van der Waals surface area (Å²) in [4.78, 5) is 23.1. The van der Waals surface area contributed by atoms with Crippen LogP contribution in [0.3, 0.4) is 0 Å². The molecule has 3 aliphatic rings. The molecule has 5 atom stereocenters. The first-order valence-corrected chi connectivity index (χ1v) is 9.13. The van der Waals surface area contributed by atoms with Crippen molar-refractivity contribution in [2.45, 2.75) is 42.9 Å². The van der Waals surface area contributed by atoms with Crippen molar-refractivity contribution in [3.8, 4) is 0 Å². The number of carbonyl (C=O) groups is 2. The number of amides is 1. The predicted molar refractivity (Wildman–Crippen MR) is 76.5 cm³/mol. The smallest absolute Gasteiger partial charge is 0.421 e. The van der Waals surface area contributed by atoms with Gasteiger partial charge < -0.3 is 10.1 Å². The van der Waals surface area contributed by atoms with Crippen LogP contribution in [0.2, 0.25) is 0 Å². The number of hydrogen-bond acceptors (Lipinski definition) is 6. The van der Waals surface area contributed by atoms with Gasteiger partial charge in [-0.2, -0.15) is 21.6 Å². The van der Waals surface area contributed by atoms with Gasteiger partial charge >= 0.3 is 12.1 Å². The van der Waals surface area contributed by atoms with Crippen LogP contribution in [0.1, 0.15) is 19.3 Å². The Morgan fingerprint density at radius 2 is 1.96 bits per heavy atom. The van der Waals surface area contributed by atoms with E-state index in [0.717, 1.165) is 0 Å². The molecule has 2 saturated carbocycles. The summed E-state index contributed by atoms with van der Waals surface area (Å²) in [6.07, 6.45) is -5.55. The van der Waals surface area contributed by atoms with Crippen molar-refractivity contribution in [1.29, 1.82) is 0 Å². The van der Waals surface area contributed by atoms with Crippen molar-refractivity contribution < 1.29 is 40.1 Å². The molecular formula is C14H16F3NO6S. The SMILES string of the molecule is C=C(C(=O)NCCC(=O)OC1C2CC3C1OS(=O)(=O)C3C2)C(F)(F)F. The van der Waals surface area contributed by atoms with Gasteiger partial charge in [-0.25, -0.2) is 0 Å². The first kappa shape index (κ1) is 18.2. The molecule has 3 fully saturated rings. The molecule has 0 aromatic carbocycles. The molecule has 25 heavy (non-hydrogen) atoms. The number of halogens is 3. The highest BCUT2D eigenvalue weighted by Crippen LogP contribution is 2.55. The van der Waals surface area contributed by atoms with E-state index in [4.69, 9.17) is 8.92 Å². The van der Waals surface area contributed by atoms with Crippen LogP contribution >= 0.6 is 0 Å². The van der Waals surface area contributed by atoms with Gasteiger partial charge in [0, 0.05) is 18.4 Å². The number of rotatable bonds is 5. The van der Waals surface area contributed by atoms with Gasteiger partial charge in [0.15, 0.2) is 0 Å². The van der Waals surface area contributed by atoms with Gasteiger partial charge in [-0.3, -0.25) is 13.8 Å². The molecule has 0 radical (unpaired) electrons. The molecular weight excluding hydrogens is 367 g/mol. The molecule has 2 aliphatic carbocycles. The zero-order valence-corrected chi connectivity index (χ0v) is 13.7. The number of carbonyl (C=O) groups excluding carboxylic acids is 2. The van der Waals surface area contributed by atoms with Crippen LogP contribution in [0.5, 0.6) is 0 Å². The first-order valence-electron chi connectivity index (χ1n) is 7.66. The monoisotopic (exact) mass is 383 g/mol. The van der Waals surface area contributed by atoms with Gasteiger partial charge in [0.2, 0.25) is 0 Å². The Kier molecular flexibility index (Phi) is 4.34. The quantitative estimate of drug-likeness (QED) is 0.425. The second kappa shape index (κ2) is 5.97. The minimum absolute atomic E-state index is 0.0965. The van der Waals surface area contributed by atoms with Crippen molar-refractivity contribution in [2.24, 2.45) is 11.8 Å². The lowest BCUT2D eigenvalue weighted by molar-refractivity contribution is -0.155. The molecule has 1 heterocycles. The van der Waals surface area contributed by atoms with Crippen molar-refractivity contribution in [2.75, 3.05) is 6.54 Å². The summed E-state index contributed by atoms with van der Waals surface area (Å²) < 4.78 is 70.7. The van der Waals surface area contributed by atoms with E-state index >= 15 is 0 Å². The molecule has 3 rings (SSSR count). The van der Waals surface area contributed by atoms with Crippen LogP contribution < -0.4 is 5.32 Å². The number of ether oxygens (including phenoxy) is 1. The maximum absolute atomic E-state index is 12.3. The molecule has 0 spiro atoms. The Labute approximate surface area is 141 Å². The lowest BCUT2D eigenvalue weighted by Gasteiger charge is -2.24. The summed E-state index contributed by atoms with van der Waals surface area (Å²) in [7, 11) is -3.62.